The summed E-state index contributed by atoms with van der Waals surface area (Å²) in [6.45, 7) is 12.5. The fourth-order valence-corrected chi connectivity index (χ4v) is 3.86. The second-order valence-electron chi connectivity index (χ2n) is 7.93. The van der Waals surface area contributed by atoms with E-state index < -0.39 is 0 Å². The SMILES string of the molecule is C=C(NC(C)c1ccc(-c2ccccc2C)c(C)c1)c1ccc(C(=O)CC)c(OC)c1. The summed E-state index contributed by atoms with van der Waals surface area (Å²) in [4.78, 5) is 12.1. The number of nitrogens with one attached hydrogen (secondary N) is 1. The quantitative estimate of drug-likeness (QED) is 0.409. The number of benzene rings is 3. The van der Waals surface area contributed by atoms with Gasteiger partial charge in [0.05, 0.1) is 12.7 Å². The van der Waals surface area contributed by atoms with Crippen LogP contribution in [0.2, 0.25) is 0 Å². The Labute approximate surface area is 185 Å². The molecule has 0 aliphatic carbocycles. The van der Waals surface area contributed by atoms with Gasteiger partial charge in [0.25, 0.3) is 0 Å². The molecule has 3 aromatic rings. The van der Waals surface area contributed by atoms with E-state index in [0.29, 0.717) is 17.7 Å². The number of methoxy groups -OCH3 is 1. The first-order chi connectivity index (χ1) is 14.8. The Balaban J connectivity index is 1.79. The molecule has 0 aliphatic rings. The molecule has 3 nitrogen and oxygen atoms in total. The summed E-state index contributed by atoms with van der Waals surface area (Å²) in [5.74, 6) is 0.651. The molecule has 3 aromatic carbocycles. The Morgan fingerprint density at radius 2 is 1.71 bits per heavy atom. The third-order valence-electron chi connectivity index (χ3n) is 5.75. The lowest BCUT2D eigenvalue weighted by Gasteiger charge is -2.20. The maximum atomic E-state index is 12.1. The first-order valence-electron chi connectivity index (χ1n) is 10.7. The van der Waals surface area contributed by atoms with Gasteiger partial charge in [-0.25, -0.2) is 0 Å². The molecular formula is C28H31NO2. The molecule has 3 heteroatoms. The Morgan fingerprint density at radius 1 is 1.00 bits per heavy atom. The molecule has 0 bridgehead atoms. The predicted molar refractivity (Wildman–Crippen MR) is 130 cm³/mol. The standard InChI is InChI=1S/C28H31NO2/c1-7-27(30)26-15-13-23(17-28(26)31-6)21(5)29-20(4)22-12-14-25(19(3)16-22)24-11-9-8-10-18(24)2/h8-17,20,29H,5,7H2,1-4,6H3. The van der Waals surface area contributed by atoms with Gasteiger partial charge in [0, 0.05) is 23.7 Å². The van der Waals surface area contributed by atoms with Gasteiger partial charge in [-0.15, -0.1) is 0 Å². The summed E-state index contributed by atoms with van der Waals surface area (Å²) in [7, 11) is 1.59. The molecule has 0 saturated heterocycles. The zero-order chi connectivity index (χ0) is 22.5. The van der Waals surface area contributed by atoms with Crippen molar-refractivity contribution in [1.82, 2.24) is 5.32 Å². The fourth-order valence-electron chi connectivity index (χ4n) is 3.86. The number of Topliss-reactive ketones (excluding diaryl/α,β-unsaturated/α-hetero) is 1. The van der Waals surface area contributed by atoms with E-state index in [4.69, 9.17) is 4.74 Å². The third-order valence-corrected chi connectivity index (χ3v) is 5.75. The molecule has 0 fully saturated rings. The van der Waals surface area contributed by atoms with Crippen LogP contribution >= 0.6 is 0 Å². The first-order valence-corrected chi connectivity index (χ1v) is 10.7. The van der Waals surface area contributed by atoms with Gasteiger partial charge in [0.2, 0.25) is 0 Å². The predicted octanol–water partition coefficient (Wildman–Crippen LogP) is 6.89. The molecule has 0 radical (unpaired) electrons. The number of carbonyl (C=O) groups excluding carboxylic acids is 1. The van der Waals surface area contributed by atoms with Crippen molar-refractivity contribution in [3.63, 3.8) is 0 Å². The van der Waals surface area contributed by atoms with Gasteiger partial charge < -0.3 is 10.1 Å². The van der Waals surface area contributed by atoms with E-state index in [0.717, 1.165) is 11.3 Å². The highest BCUT2D eigenvalue weighted by Crippen LogP contribution is 2.30. The van der Waals surface area contributed by atoms with Crippen LogP contribution in [0.25, 0.3) is 16.8 Å². The molecule has 0 aromatic heterocycles. The Morgan fingerprint density at radius 3 is 2.35 bits per heavy atom. The molecule has 160 valence electrons. The third kappa shape index (κ3) is 4.88. The number of ketones is 1. The van der Waals surface area contributed by atoms with Crippen molar-refractivity contribution < 1.29 is 9.53 Å². The van der Waals surface area contributed by atoms with E-state index >= 15 is 0 Å². The highest BCUT2D eigenvalue weighted by atomic mass is 16.5. The molecule has 0 amide bonds. The van der Waals surface area contributed by atoms with Gasteiger partial charge in [0.15, 0.2) is 5.78 Å². The van der Waals surface area contributed by atoms with Gasteiger partial charge in [-0.2, -0.15) is 0 Å². The van der Waals surface area contributed by atoms with Crippen LogP contribution < -0.4 is 10.1 Å². The van der Waals surface area contributed by atoms with Crippen LogP contribution in [-0.2, 0) is 0 Å². The smallest absolute Gasteiger partial charge is 0.166 e. The van der Waals surface area contributed by atoms with Crippen molar-refractivity contribution in [1.29, 1.82) is 0 Å². The summed E-state index contributed by atoms with van der Waals surface area (Å²) in [5, 5.41) is 3.49. The molecule has 3 rings (SSSR count). The van der Waals surface area contributed by atoms with Crippen molar-refractivity contribution in [2.45, 2.75) is 40.2 Å². The number of hydrogen-bond donors (Lipinski definition) is 1. The van der Waals surface area contributed by atoms with Gasteiger partial charge in [0.1, 0.15) is 5.75 Å². The maximum Gasteiger partial charge on any atom is 0.166 e. The maximum absolute atomic E-state index is 12.1. The van der Waals surface area contributed by atoms with E-state index in [1.54, 1.807) is 7.11 Å². The molecule has 31 heavy (non-hydrogen) atoms. The van der Waals surface area contributed by atoms with Crippen LogP contribution in [0.5, 0.6) is 5.75 Å². The monoisotopic (exact) mass is 413 g/mol. The summed E-state index contributed by atoms with van der Waals surface area (Å²) in [5.41, 5.74) is 8.55. The van der Waals surface area contributed by atoms with Crippen molar-refractivity contribution in [2.75, 3.05) is 7.11 Å². The van der Waals surface area contributed by atoms with Crippen LogP contribution in [0.1, 0.15) is 58.9 Å². The van der Waals surface area contributed by atoms with E-state index in [1.807, 2.05) is 25.1 Å². The van der Waals surface area contributed by atoms with Gasteiger partial charge >= 0.3 is 0 Å². The second kappa shape index (κ2) is 9.65. The largest absolute Gasteiger partial charge is 0.496 e. The number of carbonyl (C=O) groups is 1. The summed E-state index contributed by atoms with van der Waals surface area (Å²) in [6.07, 6.45) is 0.448. The molecule has 0 aliphatic heterocycles. The lowest BCUT2D eigenvalue weighted by molar-refractivity contribution is 0.0985. The molecule has 0 saturated carbocycles. The zero-order valence-corrected chi connectivity index (χ0v) is 19.1. The minimum atomic E-state index is 0.0690. The second-order valence-corrected chi connectivity index (χ2v) is 7.93. The van der Waals surface area contributed by atoms with Crippen molar-refractivity contribution >= 4 is 11.5 Å². The minimum absolute atomic E-state index is 0.0690. The van der Waals surface area contributed by atoms with Crippen LogP contribution in [-0.4, -0.2) is 12.9 Å². The normalized spacial score (nSPS) is 11.6. The molecule has 1 unspecified atom stereocenters. The van der Waals surface area contributed by atoms with E-state index in [2.05, 4.69) is 75.1 Å². The lowest BCUT2D eigenvalue weighted by Crippen LogP contribution is -2.17. The van der Waals surface area contributed by atoms with Crippen molar-refractivity contribution in [2.24, 2.45) is 0 Å². The first kappa shape index (κ1) is 22.4. The molecule has 1 atom stereocenters. The van der Waals surface area contributed by atoms with Crippen LogP contribution in [0.15, 0.2) is 67.2 Å². The number of hydrogen-bond acceptors (Lipinski definition) is 3. The van der Waals surface area contributed by atoms with Gasteiger partial charge in [-0.3, -0.25) is 4.79 Å². The summed E-state index contributed by atoms with van der Waals surface area (Å²) >= 11 is 0. The molecular weight excluding hydrogens is 382 g/mol. The van der Waals surface area contributed by atoms with Crippen molar-refractivity contribution in [3.8, 4) is 16.9 Å². The zero-order valence-electron chi connectivity index (χ0n) is 19.1. The van der Waals surface area contributed by atoms with Crippen LogP contribution in [0, 0.1) is 13.8 Å². The number of rotatable bonds is 8. The Hall–Kier alpha value is -3.33. The van der Waals surface area contributed by atoms with Crippen LogP contribution in [0.4, 0.5) is 0 Å². The lowest BCUT2D eigenvalue weighted by atomic mass is 9.93. The van der Waals surface area contributed by atoms with E-state index in [-0.39, 0.29) is 11.8 Å². The van der Waals surface area contributed by atoms with E-state index in [1.165, 1.54) is 27.8 Å². The Kier molecular flexibility index (Phi) is 6.96. The average molecular weight is 414 g/mol. The topological polar surface area (TPSA) is 38.3 Å². The highest BCUT2D eigenvalue weighted by Gasteiger charge is 2.14. The fraction of sp³-hybridized carbons (Fsp3) is 0.250. The Bertz CT molecular complexity index is 1110. The van der Waals surface area contributed by atoms with Crippen molar-refractivity contribution in [3.05, 3.63) is 95.1 Å². The number of aryl methyl sites for hydroxylation is 2. The van der Waals surface area contributed by atoms with Crippen LogP contribution in [0.3, 0.4) is 0 Å². The molecule has 0 spiro atoms. The summed E-state index contributed by atoms with van der Waals surface area (Å²) < 4.78 is 5.44. The average Bonchev–Trinajstić information content (AvgIpc) is 2.78. The summed E-state index contributed by atoms with van der Waals surface area (Å²) in [6, 6.07) is 20.8. The molecule has 1 N–H and O–H groups in total. The van der Waals surface area contributed by atoms with Gasteiger partial charge in [-0.05, 0) is 60.7 Å². The molecule has 0 heterocycles. The highest BCUT2D eigenvalue weighted by molar-refractivity contribution is 5.98. The van der Waals surface area contributed by atoms with Gasteiger partial charge in [-0.1, -0.05) is 62.0 Å². The van der Waals surface area contributed by atoms with E-state index in [9.17, 15) is 4.79 Å². The number of ether oxygens (including phenoxy) is 1. The minimum Gasteiger partial charge on any atom is -0.496 e.